The number of carbonyl (C=O) groups excluding carboxylic acids is 1. The average molecular weight is 333 g/mol. The summed E-state index contributed by atoms with van der Waals surface area (Å²) in [5.41, 5.74) is 0.861. The first kappa shape index (κ1) is 17.8. The van der Waals surface area contributed by atoms with Crippen LogP contribution in [0, 0.1) is 0 Å². The summed E-state index contributed by atoms with van der Waals surface area (Å²) in [6.07, 6.45) is 0. The summed E-state index contributed by atoms with van der Waals surface area (Å²) < 4.78 is 0. The fourth-order valence-electron chi connectivity index (χ4n) is 1.81. The largest absolute Gasteiger partial charge is 0.480 e. The average Bonchev–Trinajstić information content (AvgIpc) is 2.40. The van der Waals surface area contributed by atoms with Crippen LogP contribution < -0.4 is 5.32 Å². The van der Waals surface area contributed by atoms with Gasteiger partial charge in [0, 0.05) is 26.6 Å². The number of nitrogens with zero attached hydrogens (tertiary/aromatic N) is 1. The van der Waals surface area contributed by atoms with E-state index in [0.29, 0.717) is 29.7 Å². The maximum atomic E-state index is 11.2. The first-order valence-corrected chi connectivity index (χ1v) is 7.22. The van der Waals surface area contributed by atoms with Gasteiger partial charge in [-0.1, -0.05) is 29.3 Å². The fourth-order valence-corrected chi connectivity index (χ4v) is 2.13. The lowest BCUT2D eigenvalue weighted by atomic mass is 10.1. The zero-order valence-electron chi connectivity index (χ0n) is 11.9. The Labute approximate surface area is 133 Å². The van der Waals surface area contributed by atoms with Gasteiger partial charge >= 0.3 is 5.97 Å². The molecule has 1 unspecified atom stereocenters. The van der Waals surface area contributed by atoms with Gasteiger partial charge in [0.25, 0.3) is 0 Å². The van der Waals surface area contributed by atoms with E-state index in [1.807, 2.05) is 0 Å². The van der Waals surface area contributed by atoms with Crippen LogP contribution in [0.25, 0.3) is 0 Å². The molecule has 116 valence electrons. The quantitative estimate of drug-likeness (QED) is 0.804. The van der Waals surface area contributed by atoms with Gasteiger partial charge in [0.2, 0.25) is 5.91 Å². The van der Waals surface area contributed by atoms with Crippen LogP contribution in [0.15, 0.2) is 18.2 Å². The first-order chi connectivity index (χ1) is 9.81. The van der Waals surface area contributed by atoms with Gasteiger partial charge in [-0.3, -0.25) is 14.5 Å². The van der Waals surface area contributed by atoms with E-state index in [4.69, 9.17) is 28.3 Å². The Hall–Kier alpha value is -1.30. The number of carbonyl (C=O) groups is 2. The lowest BCUT2D eigenvalue weighted by molar-refractivity contribution is -0.142. The third-order valence-corrected chi connectivity index (χ3v) is 3.79. The Morgan fingerprint density at radius 1 is 1.33 bits per heavy atom. The van der Waals surface area contributed by atoms with Crippen LogP contribution in [-0.4, -0.2) is 41.0 Å². The molecule has 1 aromatic carbocycles. The van der Waals surface area contributed by atoms with E-state index < -0.39 is 12.0 Å². The minimum absolute atomic E-state index is 0.146. The van der Waals surface area contributed by atoms with Gasteiger partial charge in [0.05, 0.1) is 10.0 Å². The molecule has 0 saturated carbocycles. The van der Waals surface area contributed by atoms with Crippen molar-refractivity contribution in [3.63, 3.8) is 0 Å². The number of rotatable bonds is 7. The predicted octanol–water partition coefficient (Wildman–Crippen LogP) is 2.40. The summed E-state index contributed by atoms with van der Waals surface area (Å²) in [6, 6.07) is 4.52. The molecule has 0 bridgehead atoms. The van der Waals surface area contributed by atoms with Crippen molar-refractivity contribution < 1.29 is 14.7 Å². The van der Waals surface area contributed by atoms with Crippen LogP contribution in [0.5, 0.6) is 0 Å². The Bertz CT molecular complexity index is 523. The molecule has 7 heteroatoms. The molecule has 1 rings (SSSR count). The Morgan fingerprint density at radius 3 is 2.52 bits per heavy atom. The number of hydrogen-bond donors (Lipinski definition) is 2. The van der Waals surface area contributed by atoms with Gasteiger partial charge in [-0.2, -0.15) is 0 Å². The van der Waals surface area contributed by atoms with Gasteiger partial charge in [-0.15, -0.1) is 0 Å². The summed E-state index contributed by atoms with van der Waals surface area (Å²) in [5.74, 6) is -1.06. The molecule has 0 saturated heterocycles. The maximum absolute atomic E-state index is 11.2. The minimum Gasteiger partial charge on any atom is -0.480 e. The van der Waals surface area contributed by atoms with Crippen molar-refractivity contribution >= 4 is 35.1 Å². The number of benzene rings is 1. The second-order valence-electron chi connectivity index (χ2n) is 4.72. The van der Waals surface area contributed by atoms with Crippen molar-refractivity contribution in [1.82, 2.24) is 10.2 Å². The number of amides is 1. The number of aliphatic carboxylic acids is 1. The van der Waals surface area contributed by atoms with Crippen molar-refractivity contribution in [3.05, 3.63) is 33.8 Å². The van der Waals surface area contributed by atoms with Crippen molar-refractivity contribution in [3.8, 4) is 0 Å². The standard InChI is InChI=1S/C14H18Cl2N2O3/c1-9(14(20)21)18(6-5-17-10(2)19)8-11-3-4-12(15)13(16)7-11/h3-4,7,9H,5-6,8H2,1-2H3,(H,17,19)(H,20,21). The molecule has 1 aromatic rings. The minimum atomic E-state index is -0.919. The van der Waals surface area contributed by atoms with Crippen LogP contribution in [0.2, 0.25) is 10.0 Å². The zero-order valence-corrected chi connectivity index (χ0v) is 13.4. The highest BCUT2D eigenvalue weighted by Gasteiger charge is 2.20. The summed E-state index contributed by atoms with van der Waals surface area (Å²) in [6.45, 7) is 4.24. The highest BCUT2D eigenvalue weighted by molar-refractivity contribution is 6.42. The highest BCUT2D eigenvalue weighted by Crippen LogP contribution is 2.23. The normalized spacial score (nSPS) is 12.2. The lowest BCUT2D eigenvalue weighted by Gasteiger charge is -2.26. The molecule has 0 aromatic heterocycles. The lowest BCUT2D eigenvalue weighted by Crippen LogP contribution is -2.42. The third kappa shape index (κ3) is 5.91. The second kappa shape index (κ2) is 8.22. The number of carboxylic acid groups (broad SMARTS) is 1. The van der Waals surface area contributed by atoms with E-state index in [0.717, 1.165) is 5.56 Å². The maximum Gasteiger partial charge on any atom is 0.320 e. The number of carboxylic acids is 1. The van der Waals surface area contributed by atoms with E-state index in [9.17, 15) is 9.59 Å². The van der Waals surface area contributed by atoms with E-state index in [1.54, 1.807) is 30.0 Å². The van der Waals surface area contributed by atoms with Gasteiger partial charge in [0.15, 0.2) is 0 Å². The van der Waals surface area contributed by atoms with Gasteiger partial charge < -0.3 is 10.4 Å². The molecule has 2 N–H and O–H groups in total. The summed E-state index contributed by atoms with van der Waals surface area (Å²) in [5, 5.41) is 12.7. The molecule has 0 aliphatic carbocycles. The van der Waals surface area contributed by atoms with Crippen molar-refractivity contribution in [2.45, 2.75) is 26.4 Å². The van der Waals surface area contributed by atoms with Crippen molar-refractivity contribution in [2.75, 3.05) is 13.1 Å². The Morgan fingerprint density at radius 2 is 2.00 bits per heavy atom. The van der Waals surface area contributed by atoms with E-state index in [2.05, 4.69) is 5.32 Å². The van der Waals surface area contributed by atoms with E-state index in [-0.39, 0.29) is 5.91 Å². The molecule has 0 fully saturated rings. The van der Waals surface area contributed by atoms with Crippen LogP contribution in [0.1, 0.15) is 19.4 Å². The monoisotopic (exact) mass is 332 g/mol. The summed E-state index contributed by atoms with van der Waals surface area (Å²) in [4.78, 5) is 23.8. The summed E-state index contributed by atoms with van der Waals surface area (Å²) in [7, 11) is 0. The first-order valence-electron chi connectivity index (χ1n) is 6.46. The van der Waals surface area contributed by atoms with Gasteiger partial charge in [-0.25, -0.2) is 0 Å². The SMILES string of the molecule is CC(=O)NCCN(Cc1ccc(Cl)c(Cl)c1)C(C)C(=O)O. The predicted molar refractivity (Wildman–Crippen MR) is 82.7 cm³/mol. The molecule has 5 nitrogen and oxygen atoms in total. The van der Waals surface area contributed by atoms with Gasteiger partial charge in [-0.05, 0) is 24.6 Å². The van der Waals surface area contributed by atoms with Crippen LogP contribution in [0.4, 0.5) is 0 Å². The van der Waals surface area contributed by atoms with Crippen molar-refractivity contribution in [1.29, 1.82) is 0 Å². The van der Waals surface area contributed by atoms with E-state index >= 15 is 0 Å². The van der Waals surface area contributed by atoms with Crippen LogP contribution >= 0.6 is 23.2 Å². The van der Waals surface area contributed by atoms with Crippen LogP contribution in [-0.2, 0) is 16.1 Å². The molecule has 0 aliphatic heterocycles. The molecular formula is C14H18Cl2N2O3. The Balaban J connectivity index is 2.77. The molecule has 0 spiro atoms. The van der Waals surface area contributed by atoms with Crippen LogP contribution in [0.3, 0.4) is 0 Å². The molecule has 21 heavy (non-hydrogen) atoms. The highest BCUT2D eigenvalue weighted by atomic mass is 35.5. The molecule has 1 atom stereocenters. The number of nitrogens with one attached hydrogen (secondary N) is 1. The Kier molecular flexibility index (Phi) is 6.95. The fraction of sp³-hybridized carbons (Fsp3) is 0.429. The third-order valence-electron chi connectivity index (χ3n) is 3.05. The second-order valence-corrected chi connectivity index (χ2v) is 5.53. The smallest absolute Gasteiger partial charge is 0.320 e. The number of halogens is 2. The molecule has 0 aliphatic rings. The molecule has 1 amide bonds. The number of hydrogen-bond acceptors (Lipinski definition) is 3. The van der Waals surface area contributed by atoms with E-state index in [1.165, 1.54) is 6.92 Å². The van der Waals surface area contributed by atoms with Crippen molar-refractivity contribution in [2.24, 2.45) is 0 Å². The molecular weight excluding hydrogens is 315 g/mol. The molecule has 0 radical (unpaired) electrons. The van der Waals surface area contributed by atoms with Gasteiger partial charge in [0.1, 0.15) is 6.04 Å². The topological polar surface area (TPSA) is 69.6 Å². The zero-order chi connectivity index (χ0) is 16.0. The molecule has 0 heterocycles. The summed E-state index contributed by atoms with van der Waals surface area (Å²) >= 11 is 11.8.